The molecule has 106 valence electrons. The fourth-order valence-electron chi connectivity index (χ4n) is 2.88. The normalized spacial score (nSPS) is 23.1. The molecule has 0 bridgehead atoms. The number of hydrogen-bond donors (Lipinski definition) is 1. The predicted octanol–water partition coefficient (Wildman–Crippen LogP) is 4.02. The summed E-state index contributed by atoms with van der Waals surface area (Å²) >= 11 is 0. The molecule has 1 aromatic rings. The van der Waals surface area contributed by atoms with Gasteiger partial charge in [-0.3, -0.25) is 0 Å². The van der Waals surface area contributed by atoms with Gasteiger partial charge in [-0.2, -0.15) is 0 Å². The van der Waals surface area contributed by atoms with Gasteiger partial charge in [0.05, 0.1) is 6.61 Å². The fraction of sp³-hybridized carbons (Fsp3) is 0.625. The summed E-state index contributed by atoms with van der Waals surface area (Å²) in [6.07, 6.45) is 6.54. The third kappa shape index (κ3) is 3.79. The zero-order valence-corrected chi connectivity index (χ0v) is 12.0. The molecule has 2 unspecified atom stereocenters. The van der Waals surface area contributed by atoms with Crippen molar-refractivity contribution in [3.63, 3.8) is 0 Å². The molecule has 19 heavy (non-hydrogen) atoms. The lowest BCUT2D eigenvalue weighted by Gasteiger charge is -2.31. The summed E-state index contributed by atoms with van der Waals surface area (Å²) < 4.78 is 11.7. The van der Waals surface area contributed by atoms with Crippen LogP contribution in [0, 0.1) is 5.92 Å². The van der Waals surface area contributed by atoms with Crippen molar-refractivity contribution in [3.05, 3.63) is 18.2 Å². The third-order valence-corrected chi connectivity index (χ3v) is 3.86. The van der Waals surface area contributed by atoms with Crippen molar-refractivity contribution >= 4 is 5.69 Å². The Bertz CT molecular complexity index is 406. The maximum atomic E-state index is 6.17. The lowest BCUT2D eigenvalue weighted by atomic mass is 9.85. The van der Waals surface area contributed by atoms with E-state index >= 15 is 0 Å². The molecule has 0 aromatic heterocycles. The monoisotopic (exact) mass is 263 g/mol. The number of nitrogen functional groups attached to an aromatic ring is 1. The lowest BCUT2D eigenvalue weighted by Crippen LogP contribution is -2.29. The zero-order chi connectivity index (χ0) is 13.7. The van der Waals surface area contributed by atoms with Crippen LogP contribution < -0.4 is 15.2 Å². The lowest BCUT2D eigenvalue weighted by molar-refractivity contribution is 0.0901. The molecule has 3 nitrogen and oxygen atoms in total. The van der Waals surface area contributed by atoms with Gasteiger partial charge in [-0.15, -0.1) is 0 Å². The number of ether oxygens (including phenoxy) is 2. The Hall–Kier alpha value is -1.38. The topological polar surface area (TPSA) is 44.5 Å². The highest BCUT2D eigenvalue weighted by atomic mass is 16.5. The maximum Gasteiger partial charge on any atom is 0.125 e. The maximum absolute atomic E-state index is 6.17. The van der Waals surface area contributed by atoms with E-state index in [0.717, 1.165) is 17.9 Å². The van der Waals surface area contributed by atoms with Crippen LogP contribution in [0.3, 0.4) is 0 Å². The standard InChI is InChI=1S/C16H25NO2/c1-3-12-7-5-6-8-16(12)19-15-10-13(17)9-14(11-15)18-4-2/h9-12,16H,3-8,17H2,1-2H3. The minimum absolute atomic E-state index is 0.329. The average Bonchev–Trinajstić information content (AvgIpc) is 2.39. The Kier molecular flexibility index (Phi) is 4.94. The number of nitrogens with two attached hydrogens (primary N) is 1. The van der Waals surface area contributed by atoms with Crippen LogP contribution in [-0.4, -0.2) is 12.7 Å². The number of benzene rings is 1. The molecule has 0 heterocycles. The summed E-state index contributed by atoms with van der Waals surface area (Å²) in [5.41, 5.74) is 6.60. The third-order valence-electron chi connectivity index (χ3n) is 3.86. The van der Waals surface area contributed by atoms with Gasteiger partial charge in [0.2, 0.25) is 0 Å². The minimum Gasteiger partial charge on any atom is -0.494 e. The van der Waals surface area contributed by atoms with Crippen molar-refractivity contribution in [2.45, 2.75) is 52.1 Å². The Labute approximate surface area is 116 Å². The first kappa shape index (κ1) is 14.0. The van der Waals surface area contributed by atoms with Crippen LogP contribution in [0.25, 0.3) is 0 Å². The highest BCUT2D eigenvalue weighted by molar-refractivity contribution is 5.50. The van der Waals surface area contributed by atoms with Crippen LogP contribution in [0.2, 0.25) is 0 Å². The van der Waals surface area contributed by atoms with Gasteiger partial charge in [0.15, 0.2) is 0 Å². The smallest absolute Gasteiger partial charge is 0.125 e. The molecule has 0 saturated heterocycles. The molecule has 1 aliphatic carbocycles. The molecule has 1 aromatic carbocycles. The van der Waals surface area contributed by atoms with E-state index in [4.69, 9.17) is 15.2 Å². The molecule has 3 heteroatoms. The summed E-state index contributed by atoms with van der Waals surface area (Å²) in [6.45, 7) is 4.86. The van der Waals surface area contributed by atoms with Crippen molar-refractivity contribution in [2.75, 3.05) is 12.3 Å². The second kappa shape index (κ2) is 6.69. The second-order valence-electron chi connectivity index (χ2n) is 5.28. The molecule has 1 saturated carbocycles. The van der Waals surface area contributed by atoms with Crippen LogP contribution in [0.1, 0.15) is 46.0 Å². The van der Waals surface area contributed by atoms with E-state index in [0.29, 0.717) is 24.3 Å². The van der Waals surface area contributed by atoms with E-state index in [1.807, 2.05) is 25.1 Å². The van der Waals surface area contributed by atoms with Crippen LogP contribution in [-0.2, 0) is 0 Å². The van der Waals surface area contributed by atoms with E-state index in [1.165, 1.54) is 25.7 Å². The van der Waals surface area contributed by atoms with Gasteiger partial charge in [0, 0.05) is 23.9 Å². The van der Waals surface area contributed by atoms with Gasteiger partial charge in [-0.25, -0.2) is 0 Å². The summed E-state index contributed by atoms with van der Waals surface area (Å²) in [5, 5.41) is 0. The van der Waals surface area contributed by atoms with Crippen LogP contribution >= 0.6 is 0 Å². The van der Waals surface area contributed by atoms with Gasteiger partial charge in [-0.1, -0.05) is 13.3 Å². The summed E-state index contributed by atoms with van der Waals surface area (Å²) in [6, 6.07) is 5.68. The molecule has 2 N–H and O–H groups in total. The van der Waals surface area contributed by atoms with Crippen molar-refractivity contribution in [2.24, 2.45) is 5.92 Å². The van der Waals surface area contributed by atoms with Crippen LogP contribution in [0.5, 0.6) is 11.5 Å². The van der Waals surface area contributed by atoms with E-state index in [2.05, 4.69) is 6.92 Å². The van der Waals surface area contributed by atoms with Crippen molar-refractivity contribution in [1.82, 2.24) is 0 Å². The summed E-state index contributed by atoms with van der Waals surface area (Å²) in [7, 11) is 0. The average molecular weight is 263 g/mol. The van der Waals surface area contributed by atoms with Crippen molar-refractivity contribution in [1.29, 1.82) is 0 Å². The number of rotatable bonds is 5. The van der Waals surface area contributed by atoms with E-state index in [9.17, 15) is 0 Å². The minimum atomic E-state index is 0.329. The SMILES string of the molecule is CCOc1cc(N)cc(OC2CCCCC2CC)c1. The first-order valence-electron chi connectivity index (χ1n) is 7.43. The van der Waals surface area contributed by atoms with E-state index in [-0.39, 0.29) is 0 Å². The van der Waals surface area contributed by atoms with Gasteiger partial charge < -0.3 is 15.2 Å². The number of anilines is 1. The van der Waals surface area contributed by atoms with Gasteiger partial charge in [0.25, 0.3) is 0 Å². The van der Waals surface area contributed by atoms with Gasteiger partial charge in [-0.05, 0) is 38.5 Å². The highest BCUT2D eigenvalue weighted by Crippen LogP contribution is 2.32. The molecule has 2 rings (SSSR count). The zero-order valence-electron chi connectivity index (χ0n) is 12.0. The Morgan fingerprint density at radius 2 is 1.84 bits per heavy atom. The Balaban J connectivity index is 2.08. The molecular weight excluding hydrogens is 238 g/mol. The molecule has 0 amide bonds. The van der Waals surface area contributed by atoms with Crippen LogP contribution in [0.4, 0.5) is 5.69 Å². The summed E-state index contributed by atoms with van der Waals surface area (Å²) in [4.78, 5) is 0. The Morgan fingerprint density at radius 3 is 2.58 bits per heavy atom. The molecule has 0 aliphatic heterocycles. The fourth-order valence-corrected chi connectivity index (χ4v) is 2.88. The van der Waals surface area contributed by atoms with Crippen molar-refractivity contribution in [3.8, 4) is 11.5 Å². The largest absolute Gasteiger partial charge is 0.494 e. The molecule has 0 radical (unpaired) electrons. The molecule has 1 aliphatic rings. The van der Waals surface area contributed by atoms with Crippen LogP contribution in [0.15, 0.2) is 18.2 Å². The molecule has 2 atom stereocenters. The Morgan fingerprint density at radius 1 is 1.11 bits per heavy atom. The molecule has 0 spiro atoms. The van der Waals surface area contributed by atoms with Gasteiger partial charge >= 0.3 is 0 Å². The quantitative estimate of drug-likeness (QED) is 0.816. The number of hydrogen-bond acceptors (Lipinski definition) is 3. The highest BCUT2D eigenvalue weighted by Gasteiger charge is 2.25. The van der Waals surface area contributed by atoms with Gasteiger partial charge in [0.1, 0.15) is 17.6 Å². The summed E-state index contributed by atoms with van der Waals surface area (Å²) in [5.74, 6) is 2.31. The molecule has 1 fully saturated rings. The molecular formula is C16H25NO2. The predicted molar refractivity (Wildman–Crippen MR) is 78.7 cm³/mol. The van der Waals surface area contributed by atoms with Crippen molar-refractivity contribution < 1.29 is 9.47 Å². The van der Waals surface area contributed by atoms with E-state index < -0.39 is 0 Å². The van der Waals surface area contributed by atoms with E-state index in [1.54, 1.807) is 0 Å². The second-order valence-corrected chi connectivity index (χ2v) is 5.28. The first-order valence-corrected chi connectivity index (χ1v) is 7.43. The first-order chi connectivity index (χ1) is 9.22.